The summed E-state index contributed by atoms with van der Waals surface area (Å²) in [5.41, 5.74) is 2.65. The number of nitrogens with zero attached hydrogens (tertiary/aromatic N) is 5. The monoisotopic (exact) mass is 489 g/mol. The van der Waals surface area contributed by atoms with Crippen molar-refractivity contribution in [1.82, 2.24) is 24.8 Å². The number of aromatic nitrogens is 3. The van der Waals surface area contributed by atoms with Gasteiger partial charge in [0, 0.05) is 49.2 Å². The van der Waals surface area contributed by atoms with Crippen molar-refractivity contribution in [2.45, 2.75) is 32.4 Å². The van der Waals surface area contributed by atoms with Crippen molar-refractivity contribution in [2.75, 3.05) is 26.7 Å². The Kier molecular flexibility index (Phi) is 7.90. The van der Waals surface area contributed by atoms with E-state index in [0.717, 1.165) is 11.1 Å². The molecule has 3 atom stereocenters. The zero-order valence-corrected chi connectivity index (χ0v) is 20.7. The second kappa shape index (κ2) is 11.3. The van der Waals surface area contributed by atoms with Crippen LogP contribution in [-0.4, -0.2) is 80.6 Å². The van der Waals surface area contributed by atoms with Crippen LogP contribution in [0.5, 0.6) is 5.88 Å². The molecule has 1 aliphatic heterocycles. The summed E-state index contributed by atoms with van der Waals surface area (Å²) < 4.78 is 6.30. The molecule has 2 amide bonds. The Morgan fingerprint density at radius 2 is 1.92 bits per heavy atom. The van der Waals surface area contributed by atoms with Crippen molar-refractivity contribution in [3.8, 4) is 17.0 Å². The topological polar surface area (TPSA) is 109 Å². The molecule has 0 aliphatic carbocycles. The van der Waals surface area contributed by atoms with Crippen LogP contribution >= 0.6 is 0 Å². The lowest BCUT2D eigenvalue weighted by molar-refractivity contribution is -0.130. The number of carbonyl (C=O) groups excluding carboxylic acids is 2. The van der Waals surface area contributed by atoms with Gasteiger partial charge < -0.3 is 19.6 Å². The number of rotatable bonds is 7. The van der Waals surface area contributed by atoms with Gasteiger partial charge in [0.1, 0.15) is 18.0 Å². The lowest BCUT2D eigenvalue weighted by atomic mass is 9.99. The van der Waals surface area contributed by atoms with Gasteiger partial charge in [-0.2, -0.15) is 0 Å². The summed E-state index contributed by atoms with van der Waals surface area (Å²) in [5, 5.41) is 9.85. The minimum absolute atomic E-state index is 0.0247. The number of aliphatic hydroxyl groups is 1. The van der Waals surface area contributed by atoms with Gasteiger partial charge in [0.05, 0.1) is 25.6 Å². The maximum atomic E-state index is 13.6. The smallest absolute Gasteiger partial charge is 0.259 e. The minimum atomic E-state index is -0.409. The fourth-order valence-electron chi connectivity index (χ4n) is 4.20. The summed E-state index contributed by atoms with van der Waals surface area (Å²) in [6.07, 6.45) is 6.24. The van der Waals surface area contributed by atoms with Crippen molar-refractivity contribution in [2.24, 2.45) is 5.92 Å². The molecule has 3 heterocycles. The summed E-state index contributed by atoms with van der Waals surface area (Å²) in [6, 6.07) is 10.9. The maximum absolute atomic E-state index is 13.6. The molecule has 0 saturated carbocycles. The van der Waals surface area contributed by atoms with E-state index in [2.05, 4.69) is 15.0 Å². The quantitative estimate of drug-likeness (QED) is 0.543. The van der Waals surface area contributed by atoms with E-state index in [0.29, 0.717) is 30.6 Å². The molecular formula is C27H31N5O4. The van der Waals surface area contributed by atoms with Crippen LogP contribution in [0.15, 0.2) is 61.3 Å². The minimum Gasteiger partial charge on any atom is -0.472 e. The van der Waals surface area contributed by atoms with Crippen molar-refractivity contribution >= 4 is 11.8 Å². The van der Waals surface area contributed by atoms with Crippen LogP contribution in [0.4, 0.5) is 0 Å². The van der Waals surface area contributed by atoms with Gasteiger partial charge in [-0.15, -0.1) is 0 Å². The highest BCUT2D eigenvalue weighted by molar-refractivity contribution is 5.98. The summed E-state index contributed by atoms with van der Waals surface area (Å²) in [6.45, 7) is 4.31. The Morgan fingerprint density at radius 3 is 2.61 bits per heavy atom. The second-order valence-electron chi connectivity index (χ2n) is 9.26. The summed E-state index contributed by atoms with van der Waals surface area (Å²) in [5.74, 6) is -0.205. The van der Waals surface area contributed by atoms with Crippen molar-refractivity contribution in [3.05, 3.63) is 72.4 Å². The predicted octanol–water partition coefficient (Wildman–Crippen LogP) is 2.46. The second-order valence-corrected chi connectivity index (χ2v) is 9.26. The van der Waals surface area contributed by atoms with E-state index < -0.39 is 12.1 Å². The van der Waals surface area contributed by atoms with Gasteiger partial charge in [0.15, 0.2) is 0 Å². The highest BCUT2D eigenvalue weighted by Crippen LogP contribution is 2.30. The third kappa shape index (κ3) is 5.68. The first kappa shape index (κ1) is 25.2. The fraction of sp³-hybridized carbons (Fsp3) is 0.370. The Morgan fingerprint density at radius 1 is 1.19 bits per heavy atom. The van der Waals surface area contributed by atoms with Crippen LogP contribution in [0.25, 0.3) is 11.1 Å². The molecule has 3 aromatic rings. The molecule has 4 rings (SSSR count). The molecule has 1 aliphatic rings. The Bertz CT molecular complexity index is 1190. The first-order valence-electron chi connectivity index (χ1n) is 12.0. The molecule has 0 radical (unpaired) electrons. The van der Waals surface area contributed by atoms with Crippen molar-refractivity contribution in [1.29, 1.82) is 0 Å². The van der Waals surface area contributed by atoms with E-state index in [1.54, 1.807) is 48.4 Å². The first-order chi connectivity index (χ1) is 17.4. The molecule has 36 heavy (non-hydrogen) atoms. The van der Waals surface area contributed by atoms with Crippen molar-refractivity contribution in [3.63, 3.8) is 0 Å². The molecular weight excluding hydrogens is 458 g/mol. The predicted molar refractivity (Wildman–Crippen MR) is 134 cm³/mol. The van der Waals surface area contributed by atoms with Gasteiger partial charge in [0.2, 0.25) is 11.8 Å². The lowest BCUT2D eigenvalue weighted by Crippen LogP contribution is -2.50. The Balaban J connectivity index is 1.62. The van der Waals surface area contributed by atoms with E-state index in [1.807, 2.05) is 37.3 Å². The van der Waals surface area contributed by atoms with Gasteiger partial charge in [0.25, 0.3) is 5.91 Å². The summed E-state index contributed by atoms with van der Waals surface area (Å²) in [7, 11) is 1.76. The van der Waals surface area contributed by atoms with Crippen LogP contribution in [0.3, 0.4) is 0 Å². The number of carbonyl (C=O) groups is 2. The average Bonchev–Trinajstić information content (AvgIpc) is 2.91. The number of pyridine rings is 1. The number of hydrogen-bond acceptors (Lipinski definition) is 7. The highest BCUT2D eigenvalue weighted by Gasteiger charge is 2.34. The molecule has 0 fully saturated rings. The number of benzene rings is 1. The SMILES string of the molecule is C[C@H]1CN([C@@H](C)CO)C(=O)c2cc(-c3cncnc3)cnc2O[C@@H]1CN(C)C(=O)Cc1ccccc1. The average molecular weight is 490 g/mol. The Hall–Kier alpha value is -3.85. The highest BCUT2D eigenvalue weighted by atomic mass is 16.5. The van der Waals surface area contributed by atoms with Gasteiger partial charge >= 0.3 is 0 Å². The van der Waals surface area contributed by atoms with Crippen molar-refractivity contribution < 1.29 is 19.4 Å². The molecule has 2 aromatic heterocycles. The van der Waals surface area contributed by atoms with Crippen LogP contribution in [0, 0.1) is 5.92 Å². The molecule has 9 nitrogen and oxygen atoms in total. The van der Waals surface area contributed by atoms with E-state index in [-0.39, 0.29) is 30.2 Å². The summed E-state index contributed by atoms with van der Waals surface area (Å²) >= 11 is 0. The molecule has 188 valence electrons. The fourth-order valence-corrected chi connectivity index (χ4v) is 4.20. The van der Waals surface area contributed by atoms with E-state index >= 15 is 0 Å². The number of aliphatic hydroxyl groups excluding tert-OH is 1. The largest absolute Gasteiger partial charge is 0.472 e. The van der Waals surface area contributed by atoms with Crippen LogP contribution < -0.4 is 4.74 Å². The first-order valence-corrected chi connectivity index (χ1v) is 12.0. The van der Waals surface area contributed by atoms with Gasteiger partial charge in [-0.1, -0.05) is 37.3 Å². The molecule has 1 aromatic carbocycles. The van der Waals surface area contributed by atoms with E-state index in [4.69, 9.17) is 4.74 Å². The van der Waals surface area contributed by atoms with Crippen LogP contribution in [0.2, 0.25) is 0 Å². The number of likely N-dealkylation sites (N-methyl/N-ethyl adjacent to an activating group) is 1. The molecule has 1 N–H and O–H groups in total. The van der Waals surface area contributed by atoms with E-state index in [9.17, 15) is 14.7 Å². The normalized spacial score (nSPS) is 18.4. The van der Waals surface area contributed by atoms with Crippen LogP contribution in [-0.2, 0) is 11.2 Å². The molecule has 0 unspecified atom stereocenters. The maximum Gasteiger partial charge on any atom is 0.259 e. The number of fused-ring (bicyclic) bond motifs is 1. The zero-order chi connectivity index (χ0) is 25.7. The number of hydrogen-bond donors (Lipinski definition) is 1. The zero-order valence-electron chi connectivity index (χ0n) is 20.7. The number of ether oxygens (including phenoxy) is 1. The molecule has 9 heteroatoms. The molecule has 0 saturated heterocycles. The van der Waals surface area contributed by atoms with E-state index in [1.165, 1.54) is 6.33 Å². The third-order valence-corrected chi connectivity index (χ3v) is 6.49. The lowest BCUT2D eigenvalue weighted by Gasteiger charge is -2.37. The molecule has 0 bridgehead atoms. The van der Waals surface area contributed by atoms with Gasteiger partial charge in [-0.25, -0.2) is 15.0 Å². The third-order valence-electron chi connectivity index (χ3n) is 6.49. The van der Waals surface area contributed by atoms with Gasteiger partial charge in [-0.3, -0.25) is 9.59 Å². The number of amides is 2. The Labute approximate surface area is 210 Å². The summed E-state index contributed by atoms with van der Waals surface area (Å²) in [4.78, 5) is 42.4. The van der Waals surface area contributed by atoms with Crippen LogP contribution in [0.1, 0.15) is 29.8 Å². The molecule has 0 spiro atoms. The standard InChI is InChI=1S/C27H31N5O4/c1-18-14-32(19(2)16-33)27(35)23-10-21(22-11-28-17-29-12-22)13-30-26(23)36-24(18)15-31(3)25(34)9-20-7-5-4-6-8-20/h4-8,10-13,17-19,24,33H,9,14-16H2,1-3H3/t18-,19-,24+/m0/s1. The van der Waals surface area contributed by atoms with Gasteiger partial charge in [-0.05, 0) is 18.6 Å².